The minimum Gasteiger partial charge on any atom is -0.508 e. The Kier molecular flexibility index (Phi) is 4.36. The van der Waals surface area contributed by atoms with E-state index in [9.17, 15) is 5.11 Å². The molecule has 0 atom stereocenters. The van der Waals surface area contributed by atoms with Crippen LogP contribution in [0.2, 0.25) is 0 Å². The van der Waals surface area contributed by atoms with Crippen molar-refractivity contribution >= 4 is 11.8 Å². The first-order valence-corrected chi connectivity index (χ1v) is 8.78. The molecular weight excluding hydrogens is 352 g/mol. The van der Waals surface area contributed by atoms with E-state index in [1.807, 2.05) is 31.2 Å². The molecule has 26 heavy (non-hydrogen) atoms. The van der Waals surface area contributed by atoms with Gasteiger partial charge in [-0.2, -0.15) is 9.67 Å². The highest BCUT2D eigenvalue weighted by molar-refractivity contribution is 7.98. The number of benzene rings is 2. The van der Waals surface area contributed by atoms with Crippen molar-refractivity contribution in [1.82, 2.24) is 30.3 Å². The number of tetrazole rings is 1. The minimum atomic E-state index is 0.187. The second-order valence-corrected chi connectivity index (χ2v) is 6.50. The van der Waals surface area contributed by atoms with Crippen molar-refractivity contribution in [2.24, 2.45) is 0 Å². The number of aromatic nitrogens is 6. The number of hydrogen-bond donors (Lipinski definition) is 1. The molecule has 0 amide bonds. The van der Waals surface area contributed by atoms with Crippen LogP contribution in [0.1, 0.15) is 11.4 Å². The predicted octanol–water partition coefficient (Wildman–Crippen LogP) is 3.02. The Bertz CT molecular complexity index is 1010. The Balaban J connectivity index is 1.48. The summed E-state index contributed by atoms with van der Waals surface area (Å²) in [5, 5.41) is 25.7. The quantitative estimate of drug-likeness (QED) is 0.538. The number of rotatable bonds is 5. The molecule has 4 aromatic rings. The summed E-state index contributed by atoms with van der Waals surface area (Å²) in [5.41, 5.74) is 2.81. The van der Waals surface area contributed by atoms with Gasteiger partial charge in [-0.3, -0.25) is 0 Å². The molecule has 0 aliphatic rings. The normalized spacial score (nSPS) is 11.0. The Labute approximate surface area is 152 Å². The Morgan fingerprint density at radius 1 is 1.08 bits per heavy atom. The van der Waals surface area contributed by atoms with E-state index in [1.165, 1.54) is 17.3 Å². The monoisotopic (exact) mass is 366 g/mol. The first-order valence-electron chi connectivity index (χ1n) is 7.79. The van der Waals surface area contributed by atoms with Crippen molar-refractivity contribution in [2.75, 3.05) is 0 Å². The lowest BCUT2D eigenvalue weighted by atomic mass is 10.1. The van der Waals surface area contributed by atoms with Gasteiger partial charge in [-0.05, 0) is 53.7 Å². The summed E-state index contributed by atoms with van der Waals surface area (Å²) in [7, 11) is 0. The number of aryl methyl sites for hydroxylation is 1. The summed E-state index contributed by atoms with van der Waals surface area (Å²) in [6.45, 7) is 2.03. The first-order chi connectivity index (χ1) is 12.7. The topological polar surface area (TPSA) is 103 Å². The summed E-state index contributed by atoms with van der Waals surface area (Å²) >= 11 is 1.40. The van der Waals surface area contributed by atoms with E-state index in [4.69, 9.17) is 4.52 Å². The van der Waals surface area contributed by atoms with Crippen LogP contribution in [0.3, 0.4) is 0 Å². The largest absolute Gasteiger partial charge is 0.508 e. The molecule has 0 radical (unpaired) electrons. The van der Waals surface area contributed by atoms with Gasteiger partial charge in [0.25, 0.3) is 5.89 Å². The van der Waals surface area contributed by atoms with Crippen molar-refractivity contribution < 1.29 is 9.63 Å². The second kappa shape index (κ2) is 6.96. The van der Waals surface area contributed by atoms with Gasteiger partial charge >= 0.3 is 0 Å². The lowest BCUT2D eigenvalue weighted by molar-refractivity contribution is 0.425. The van der Waals surface area contributed by atoms with Crippen molar-refractivity contribution in [3.63, 3.8) is 0 Å². The van der Waals surface area contributed by atoms with E-state index in [2.05, 4.69) is 25.7 Å². The van der Waals surface area contributed by atoms with Crippen LogP contribution in [0.4, 0.5) is 0 Å². The zero-order valence-corrected chi connectivity index (χ0v) is 14.6. The van der Waals surface area contributed by atoms with Crippen LogP contribution in [-0.2, 0) is 5.75 Å². The van der Waals surface area contributed by atoms with Gasteiger partial charge in [0.1, 0.15) is 5.75 Å². The summed E-state index contributed by atoms with van der Waals surface area (Å²) in [6, 6.07) is 14.5. The molecule has 2 aromatic heterocycles. The van der Waals surface area contributed by atoms with Gasteiger partial charge in [0.2, 0.25) is 5.16 Å². The Morgan fingerprint density at radius 2 is 1.85 bits per heavy atom. The van der Waals surface area contributed by atoms with Crippen LogP contribution in [0.25, 0.3) is 17.1 Å². The maximum absolute atomic E-state index is 9.39. The third-order valence-corrected chi connectivity index (χ3v) is 4.55. The number of nitrogens with zero attached hydrogens (tertiary/aromatic N) is 6. The highest BCUT2D eigenvalue weighted by atomic mass is 32.2. The SMILES string of the molecule is Cc1ccc(-c2nc(CSc3nnnn3-c3ccc(O)cc3)no2)cc1. The van der Waals surface area contributed by atoms with Crippen molar-refractivity contribution in [2.45, 2.75) is 17.8 Å². The molecule has 2 heterocycles. The summed E-state index contributed by atoms with van der Waals surface area (Å²) < 4.78 is 6.92. The average Bonchev–Trinajstić information content (AvgIpc) is 3.30. The molecule has 1 N–H and O–H groups in total. The summed E-state index contributed by atoms with van der Waals surface area (Å²) in [6.07, 6.45) is 0. The molecule has 0 bridgehead atoms. The molecular formula is C17H14N6O2S. The highest BCUT2D eigenvalue weighted by Gasteiger charge is 2.13. The van der Waals surface area contributed by atoms with Crippen LogP contribution in [0, 0.1) is 6.92 Å². The molecule has 9 heteroatoms. The molecule has 0 fully saturated rings. The first kappa shape index (κ1) is 16.3. The fourth-order valence-electron chi connectivity index (χ4n) is 2.28. The Morgan fingerprint density at radius 3 is 2.62 bits per heavy atom. The zero-order valence-electron chi connectivity index (χ0n) is 13.8. The molecule has 4 rings (SSSR count). The molecule has 0 saturated carbocycles. The van der Waals surface area contributed by atoms with Gasteiger partial charge in [0, 0.05) is 5.56 Å². The molecule has 0 unspecified atom stereocenters. The zero-order chi connectivity index (χ0) is 17.9. The summed E-state index contributed by atoms with van der Waals surface area (Å²) in [4.78, 5) is 4.41. The lowest BCUT2D eigenvalue weighted by Gasteiger charge is -2.03. The van der Waals surface area contributed by atoms with Crippen molar-refractivity contribution in [3.05, 3.63) is 59.9 Å². The van der Waals surface area contributed by atoms with Gasteiger partial charge in [-0.25, -0.2) is 0 Å². The molecule has 0 saturated heterocycles. The molecule has 0 aliphatic carbocycles. The van der Waals surface area contributed by atoms with E-state index in [1.54, 1.807) is 28.9 Å². The molecule has 0 spiro atoms. The molecule has 2 aromatic carbocycles. The number of phenolic OH excluding ortho intramolecular Hbond substituents is 1. The van der Waals surface area contributed by atoms with Gasteiger partial charge in [-0.1, -0.05) is 34.6 Å². The van der Waals surface area contributed by atoms with E-state index >= 15 is 0 Å². The fourth-order valence-corrected chi connectivity index (χ4v) is 3.01. The van der Waals surface area contributed by atoms with Crippen molar-refractivity contribution in [3.8, 4) is 22.9 Å². The van der Waals surface area contributed by atoms with Gasteiger partial charge in [0.15, 0.2) is 5.82 Å². The Hall–Kier alpha value is -3.20. The maximum atomic E-state index is 9.39. The van der Waals surface area contributed by atoms with E-state index < -0.39 is 0 Å². The van der Waals surface area contributed by atoms with E-state index in [0.717, 1.165) is 11.3 Å². The third kappa shape index (κ3) is 3.42. The van der Waals surface area contributed by atoms with Crippen LogP contribution in [0.15, 0.2) is 58.2 Å². The molecule has 0 aliphatic heterocycles. The van der Waals surface area contributed by atoms with Crippen LogP contribution >= 0.6 is 11.8 Å². The van der Waals surface area contributed by atoms with Crippen molar-refractivity contribution in [1.29, 1.82) is 0 Å². The van der Waals surface area contributed by atoms with Gasteiger partial charge < -0.3 is 9.63 Å². The molecule has 130 valence electrons. The van der Waals surface area contributed by atoms with E-state index in [0.29, 0.717) is 22.6 Å². The van der Waals surface area contributed by atoms with Crippen LogP contribution < -0.4 is 0 Å². The number of thioether (sulfide) groups is 1. The van der Waals surface area contributed by atoms with Gasteiger partial charge in [-0.15, -0.1) is 5.10 Å². The highest BCUT2D eigenvalue weighted by Crippen LogP contribution is 2.24. The number of phenols is 1. The minimum absolute atomic E-state index is 0.187. The predicted molar refractivity (Wildman–Crippen MR) is 94.9 cm³/mol. The maximum Gasteiger partial charge on any atom is 0.257 e. The van der Waals surface area contributed by atoms with Crippen LogP contribution in [0.5, 0.6) is 5.75 Å². The third-order valence-electron chi connectivity index (χ3n) is 3.63. The number of aromatic hydroxyl groups is 1. The lowest BCUT2D eigenvalue weighted by Crippen LogP contribution is -1.99. The summed E-state index contributed by atoms with van der Waals surface area (Å²) in [5.74, 6) is 1.70. The smallest absolute Gasteiger partial charge is 0.257 e. The van der Waals surface area contributed by atoms with Crippen LogP contribution in [-0.4, -0.2) is 35.5 Å². The molecule has 8 nitrogen and oxygen atoms in total. The van der Waals surface area contributed by atoms with Gasteiger partial charge in [0.05, 0.1) is 11.4 Å². The number of hydrogen-bond acceptors (Lipinski definition) is 8. The van der Waals surface area contributed by atoms with E-state index in [-0.39, 0.29) is 5.75 Å². The standard InChI is InChI=1S/C17H14N6O2S/c1-11-2-4-12(5-3-11)16-18-15(20-25-16)10-26-17-19-21-22-23(17)13-6-8-14(24)9-7-13/h2-9,24H,10H2,1H3. The average molecular weight is 366 g/mol. The second-order valence-electron chi connectivity index (χ2n) is 5.56. The fraction of sp³-hybridized carbons (Fsp3) is 0.118.